The van der Waals surface area contributed by atoms with Crippen LogP contribution in [-0.4, -0.2) is 34.3 Å². The van der Waals surface area contributed by atoms with Crippen molar-refractivity contribution in [2.75, 3.05) is 6.54 Å². The number of likely N-dealkylation sites (tertiary alicyclic amines) is 1. The lowest BCUT2D eigenvalue weighted by molar-refractivity contribution is -0.125. The first kappa shape index (κ1) is 15.1. The molecule has 0 aliphatic carbocycles. The van der Waals surface area contributed by atoms with Gasteiger partial charge in [0.2, 0.25) is 11.5 Å². The summed E-state index contributed by atoms with van der Waals surface area (Å²) in [4.78, 5) is 40.0. The lowest BCUT2D eigenvalue weighted by Crippen LogP contribution is -2.45. The molecule has 120 valence electrons. The van der Waals surface area contributed by atoms with E-state index in [1.54, 1.807) is 23.3 Å². The zero-order valence-electron chi connectivity index (χ0n) is 12.5. The van der Waals surface area contributed by atoms with Crippen LogP contribution >= 0.6 is 0 Å². The Bertz CT molecular complexity index is 730. The topological polar surface area (TPSA) is 95.4 Å². The smallest absolute Gasteiger partial charge is 0.256 e. The van der Waals surface area contributed by atoms with Gasteiger partial charge in [0.05, 0.1) is 18.4 Å². The van der Waals surface area contributed by atoms with Gasteiger partial charge in [-0.3, -0.25) is 14.4 Å². The monoisotopic (exact) mass is 315 g/mol. The van der Waals surface area contributed by atoms with Crippen LogP contribution in [0.15, 0.2) is 45.9 Å². The highest BCUT2D eigenvalue weighted by Crippen LogP contribution is 2.20. The summed E-state index contributed by atoms with van der Waals surface area (Å²) in [6, 6.07) is 5.80. The molecule has 0 saturated carbocycles. The molecule has 3 heterocycles. The van der Waals surface area contributed by atoms with E-state index in [-0.39, 0.29) is 17.4 Å². The summed E-state index contributed by atoms with van der Waals surface area (Å²) in [5.74, 6) is 0.212. The number of H-pyrrole nitrogens is 1. The van der Waals surface area contributed by atoms with Crippen molar-refractivity contribution in [3.63, 3.8) is 0 Å². The van der Waals surface area contributed by atoms with Crippen LogP contribution in [0.1, 0.15) is 29.0 Å². The minimum Gasteiger partial charge on any atom is -0.467 e. The van der Waals surface area contributed by atoms with E-state index in [2.05, 4.69) is 10.3 Å². The zero-order valence-corrected chi connectivity index (χ0v) is 12.5. The van der Waals surface area contributed by atoms with Crippen molar-refractivity contribution in [1.29, 1.82) is 0 Å². The predicted octanol–water partition coefficient (Wildman–Crippen LogP) is 0.889. The molecule has 2 aromatic rings. The molecule has 0 bridgehead atoms. The summed E-state index contributed by atoms with van der Waals surface area (Å²) < 4.78 is 5.17. The molecule has 1 aliphatic rings. The average Bonchev–Trinajstić information content (AvgIpc) is 3.24. The number of aromatic nitrogens is 1. The van der Waals surface area contributed by atoms with E-state index in [1.807, 2.05) is 0 Å². The van der Waals surface area contributed by atoms with Gasteiger partial charge in [-0.2, -0.15) is 0 Å². The van der Waals surface area contributed by atoms with Crippen molar-refractivity contribution in [1.82, 2.24) is 15.2 Å². The fraction of sp³-hybridized carbons (Fsp3) is 0.312. The molecule has 2 aromatic heterocycles. The van der Waals surface area contributed by atoms with Gasteiger partial charge in [-0.25, -0.2) is 0 Å². The molecule has 7 nitrogen and oxygen atoms in total. The number of carbonyl (C=O) groups excluding carboxylic acids is 2. The van der Waals surface area contributed by atoms with Crippen molar-refractivity contribution < 1.29 is 14.0 Å². The van der Waals surface area contributed by atoms with Gasteiger partial charge in [-0.1, -0.05) is 0 Å². The number of rotatable bonds is 4. The molecule has 2 N–H and O–H groups in total. The van der Waals surface area contributed by atoms with Gasteiger partial charge < -0.3 is 19.6 Å². The summed E-state index contributed by atoms with van der Waals surface area (Å²) in [5.41, 5.74) is 0.103. The molecule has 0 unspecified atom stereocenters. The van der Waals surface area contributed by atoms with Crippen molar-refractivity contribution in [2.24, 2.45) is 0 Å². The lowest BCUT2D eigenvalue weighted by Gasteiger charge is -2.23. The summed E-state index contributed by atoms with van der Waals surface area (Å²) in [6.07, 6.45) is 4.32. The Labute approximate surface area is 132 Å². The second kappa shape index (κ2) is 6.51. The first-order valence-electron chi connectivity index (χ1n) is 7.45. The molecular weight excluding hydrogens is 298 g/mol. The Morgan fingerprint density at radius 1 is 1.35 bits per heavy atom. The third-order valence-corrected chi connectivity index (χ3v) is 3.86. The summed E-state index contributed by atoms with van der Waals surface area (Å²) >= 11 is 0. The van der Waals surface area contributed by atoms with Crippen molar-refractivity contribution in [3.05, 3.63) is 58.4 Å². The summed E-state index contributed by atoms with van der Waals surface area (Å²) in [7, 11) is 0. The first-order chi connectivity index (χ1) is 11.1. The third kappa shape index (κ3) is 3.33. The predicted molar refractivity (Wildman–Crippen MR) is 81.7 cm³/mol. The van der Waals surface area contributed by atoms with Gasteiger partial charge in [0.1, 0.15) is 11.8 Å². The lowest BCUT2D eigenvalue weighted by atomic mass is 10.2. The number of hydrogen-bond acceptors (Lipinski definition) is 4. The molecule has 23 heavy (non-hydrogen) atoms. The van der Waals surface area contributed by atoms with Gasteiger partial charge in [-0.05, 0) is 31.0 Å². The van der Waals surface area contributed by atoms with Crippen LogP contribution in [-0.2, 0) is 11.3 Å². The Kier molecular flexibility index (Phi) is 4.27. The minimum atomic E-state index is -0.496. The Balaban J connectivity index is 1.66. The van der Waals surface area contributed by atoms with Gasteiger partial charge in [-0.15, -0.1) is 0 Å². The van der Waals surface area contributed by atoms with Gasteiger partial charge in [0, 0.05) is 18.8 Å². The van der Waals surface area contributed by atoms with Crippen LogP contribution in [0.2, 0.25) is 0 Å². The number of pyridine rings is 1. The maximum atomic E-state index is 12.5. The molecule has 1 saturated heterocycles. The van der Waals surface area contributed by atoms with E-state index >= 15 is 0 Å². The number of nitrogens with one attached hydrogen (secondary N) is 2. The number of aromatic amines is 1. The quantitative estimate of drug-likeness (QED) is 0.876. The van der Waals surface area contributed by atoms with Gasteiger partial charge >= 0.3 is 0 Å². The van der Waals surface area contributed by atoms with Gasteiger partial charge in [0.25, 0.3) is 5.91 Å². The molecule has 3 rings (SSSR count). The molecule has 2 amide bonds. The standard InChI is InChI=1S/C16H17N3O4/c20-14-6-5-11(9-17-14)16(22)19-7-1-4-13(19)15(21)18-10-12-3-2-8-23-12/h2-3,5-6,8-9,13H,1,4,7,10H2,(H,17,20)(H,18,21)/t13-/m1/s1. The van der Waals surface area contributed by atoms with E-state index < -0.39 is 6.04 Å². The molecule has 1 atom stereocenters. The minimum absolute atomic E-state index is 0.198. The maximum Gasteiger partial charge on any atom is 0.256 e. The molecule has 0 spiro atoms. The number of carbonyl (C=O) groups is 2. The van der Waals surface area contributed by atoms with Crippen LogP contribution in [0, 0.1) is 0 Å². The van der Waals surface area contributed by atoms with E-state index in [9.17, 15) is 14.4 Å². The van der Waals surface area contributed by atoms with Crippen LogP contribution < -0.4 is 10.9 Å². The highest BCUT2D eigenvalue weighted by atomic mass is 16.3. The second-order valence-electron chi connectivity index (χ2n) is 5.40. The van der Waals surface area contributed by atoms with E-state index in [4.69, 9.17) is 4.42 Å². The second-order valence-corrected chi connectivity index (χ2v) is 5.40. The van der Waals surface area contributed by atoms with Crippen LogP contribution in [0.25, 0.3) is 0 Å². The molecule has 1 fully saturated rings. The van der Waals surface area contributed by atoms with Crippen molar-refractivity contribution >= 4 is 11.8 Å². The van der Waals surface area contributed by atoms with Crippen LogP contribution in [0.4, 0.5) is 0 Å². The largest absolute Gasteiger partial charge is 0.467 e. The highest BCUT2D eigenvalue weighted by Gasteiger charge is 2.34. The Morgan fingerprint density at radius 3 is 2.91 bits per heavy atom. The normalized spacial score (nSPS) is 17.2. The zero-order chi connectivity index (χ0) is 16.2. The van der Waals surface area contributed by atoms with Crippen molar-refractivity contribution in [2.45, 2.75) is 25.4 Å². The molecule has 1 aliphatic heterocycles. The molecule has 0 radical (unpaired) electrons. The van der Waals surface area contributed by atoms with Crippen molar-refractivity contribution in [3.8, 4) is 0 Å². The highest BCUT2D eigenvalue weighted by molar-refractivity contribution is 5.97. The summed E-state index contributed by atoms with van der Waals surface area (Å²) in [6.45, 7) is 0.819. The van der Waals surface area contributed by atoms with Gasteiger partial charge in [0.15, 0.2) is 0 Å². The van der Waals surface area contributed by atoms with E-state index in [0.29, 0.717) is 30.8 Å². The Morgan fingerprint density at radius 2 is 2.22 bits per heavy atom. The number of hydrogen-bond donors (Lipinski definition) is 2. The molecular formula is C16H17N3O4. The molecule has 7 heteroatoms. The van der Waals surface area contributed by atoms with E-state index in [1.165, 1.54) is 18.3 Å². The Hall–Kier alpha value is -2.83. The fourth-order valence-electron chi connectivity index (χ4n) is 2.70. The van der Waals surface area contributed by atoms with Crippen LogP contribution in [0.5, 0.6) is 0 Å². The van der Waals surface area contributed by atoms with E-state index in [0.717, 1.165) is 6.42 Å². The summed E-state index contributed by atoms with van der Waals surface area (Å²) in [5, 5.41) is 2.79. The maximum absolute atomic E-state index is 12.5. The van der Waals surface area contributed by atoms with Crippen LogP contribution in [0.3, 0.4) is 0 Å². The third-order valence-electron chi connectivity index (χ3n) is 3.86. The number of furan rings is 1. The first-order valence-corrected chi connectivity index (χ1v) is 7.45. The SMILES string of the molecule is O=C(NCc1ccco1)[C@H]1CCCN1C(=O)c1ccc(=O)[nH]c1. The average molecular weight is 315 g/mol. The number of nitrogens with zero attached hydrogens (tertiary/aromatic N) is 1. The number of amides is 2. The fourth-order valence-corrected chi connectivity index (χ4v) is 2.70. The molecule has 0 aromatic carbocycles.